The first kappa shape index (κ1) is 75.9. The van der Waals surface area contributed by atoms with Crippen molar-refractivity contribution in [2.24, 2.45) is 5.73 Å². The van der Waals surface area contributed by atoms with Gasteiger partial charge in [-0.05, 0) is 96.3 Å². The highest BCUT2D eigenvalue weighted by molar-refractivity contribution is 7.47. The molecular formula is C69H122NO8P. The molecule has 0 aromatic rings. The fourth-order valence-corrected chi connectivity index (χ4v) is 9.91. The Hall–Kier alpha value is -3.07. The number of carbonyl (C=O) groups is 2. The van der Waals surface area contributed by atoms with Crippen LogP contribution in [0.3, 0.4) is 0 Å². The molecule has 3 N–H and O–H groups in total. The minimum Gasteiger partial charge on any atom is -0.462 e. The van der Waals surface area contributed by atoms with Crippen LogP contribution in [0, 0.1) is 0 Å². The average Bonchev–Trinajstić information content (AvgIpc) is 3.44. The van der Waals surface area contributed by atoms with Gasteiger partial charge in [-0.3, -0.25) is 18.6 Å². The normalized spacial score (nSPS) is 13.6. The van der Waals surface area contributed by atoms with Gasteiger partial charge in [0.2, 0.25) is 0 Å². The second-order valence-corrected chi connectivity index (χ2v) is 23.1. The number of carbonyl (C=O) groups excluding carboxylic acids is 2. The summed E-state index contributed by atoms with van der Waals surface area (Å²) < 4.78 is 33.1. The molecule has 0 fully saturated rings. The van der Waals surface area contributed by atoms with Crippen LogP contribution in [0.15, 0.2) is 97.2 Å². The smallest absolute Gasteiger partial charge is 0.462 e. The molecule has 0 aliphatic rings. The summed E-state index contributed by atoms with van der Waals surface area (Å²) in [6, 6.07) is 0. The minimum absolute atomic E-state index is 0.0496. The van der Waals surface area contributed by atoms with Gasteiger partial charge >= 0.3 is 19.8 Å². The lowest BCUT2D eigenvalue weighted by Crippen LogP contribution is -2.29. The predicted octanol–water partition coefficient (Wildman–Crippen LogP) is 21.2. The van der Waals surface area contributed by atoms with E-state index in [0.29, 0.717) is 6.42 Å². The number of phosphoric ester groups is 1. The van der Waals surface area contributed by atoms with E-state index in [2.05, 4.69) is 111 Å². The van der Waals surface area contributed by atoms with E-state index in [0.717, 1.165) is 89.9 Å². The lowest BCUT2D eigenvalue weighted by Gasteiger charge is -2.19. The van der Waals surface area contributed by atoms with Crippen LogP contribution in [0.1, 0.15) is 296 Å². The summed E-state index contributed by atoms with van der Waals surface area (Å²) in [7, 11) is -4.40. The van der Waals surface area contributed by atoms with Crippen molar-refractivity contribution in [3.05, 3.63) is 97.2 Å². The van der Waals surface area contributed by atoms with Crippen molar-refractivity contribution in [3.8, 4) is 0 Å². The number of rotatable bonds is 61. The Kier molecular flexibility index (Phi) is 61.6. The van der Waals surface area contributed by atoms with E-state index in [1.165, 1.54) is 173 Å². The molecule has 9 nitrogen and oxygen atoms in total. The molecule has 0 rings (SSSR count). The Morgan fingerprint density at radius 3 is 1.04 bits per heavy atom. The summed E-state index contributed by atoms with van der Waals surface area (Å²) in [6.45, 7) is 3.64. The van der Waals surface area contributed by atoms with Gasteiger partial charge in [0.1, 0.15) is 6.61 Å². The third-order valence-corrected chi connectivity index (χ3v) is 14.9. The van der Waals surface area contributed by atoms with Gasteiger partial charge in [-0.15, -0.1) is 0 Å². The Morgan fingerprint density at radius 2 is 0.696 bits per heavy atom. The second kappa shape index (κ2) is 64.1. The molecule has 79 heavy (non-hydrogen) atoms. The van der Waals surface area contributed by atoms with Crippen LogP contribution < -0.4 is 5.73 Å². The molecular weight excluding hydrogens is 1000 g/mol. The SMILES string of the molecule is CC/C=C\C/C=C\C/C=C\C/C=C\C/C=C\C/C=C\CCCCCCCCCCCCC(=O)OC(COC(=O)CCCCCCCCCCCCCCCCCCC/C=C\C/C=C\CCCCCCC)COP(=O)(O)OCCN. The second-order valence-electron chi connectivity index (χ2n) is 21.6. The van der Waals surface area contributed by atoms with Crippen molar-refractivity contribution in [2.45, 2.75) is 302 Å². The molecule has 0 saturated heterocycles. The summed E-state index contributed by atoms with van der Waals surface area (Å²) in [6.07, 6.45) is 86.2. The molecule has 10 heteroatoms. The van der Waals surface area contributed by atoms with E-state index in [4.69, 9.17) is 24.3 Å². The molecule has 0 aromatic carbocycles. The first-order valence-corrected chi connectivity index (χ1v) is 34.2. The van der Waals surface area contributed by atoms with Crippen molar-refractivity contribution in [1.29, 1.82) is 0 Å². The largest absolute Gasteiger partial charge is 0.472 e. The highest BCUT2D eigenvalue weighted by Crippen LogP contribution is 2.43. The first-order chi connectivity index (χ1) is 38.8. The average molecular weight is 1120 g/mol. The van der Waals surface area contributed by atoms with Crippen LogP contribution in [0.4, 0.5) is 0 Å². The van der Waals surface area contributed by atoms with E-state index in [9.17, 15) is 19.0 Å². The first-order valence-electron chi connectivity index (χ1n) is 32.7. The molecule has 0 saturated carbocycles. The Bertz CT molecular complexity index is 1610. The zero-order valence-electron chi connectivity index (χ0n) is 51.1. The topological polar surface area (TPSA) is 134 Å². The molecule has 2 unspecified atom stereocenters. The van der Waals surface area contributed by atoms with Crippen LogP contribution in [-0.4, -0.2) is 49.3 Å². The molecule has 0 amide bonds. The maximum atomic E-state index is 12.7. The molecule has 0 aromatic heterocycles. The summed E-state index contributed by atoms with van der Waals surface area (Å²) >= 11 is 0. The van der Waals surface area contributed by atoms with E-state index in [-0.39, 0.29) is 38.6 Å². The number of phosphoric acid groups is 1. The van der Waals surface area contributed by atoms with Crippen LogP contribution in [0.2, 0.25) is 0 Å². The lowest BCUT2D eigenvalue weighted by molar-refractivity contribution is -0.161. The van der Waals surface area contributed by atoms with E-state index < -0.39 is 26.5 Å². The lowest BCUT2D eigenvalue weighted by atomic mass is 10.0. The van der Waals surface area contributed by atoms with E-state index >= 15 is 0 Å². The van der Waals surface area contributed by atoms with Gasteiger partial charge in [0.25, 0.3) is 0 Å². The maximum Gasteiger partial charge on any atom is 0.472 e. The number of nitrogens with two attached hydrogens (primary N) is 1. The van der Waals surface area contributed by atoms with Crippen molar-refractivity contribution in [1.82, 2.24) is 0 Å². The zero-order valence-corrected chi connectivity index (χ0v) is 52.0. The molecule has 456 valence electrons. The molecule has 0 aliphatic heterocycles. The van der Waals surface area contributed by atoms with Gasteiger partial charge in [0, 0.05) is 19.4 Å². The standard InChI is InChI=1S/C69H122NO8P/c1-3-5-7-9-11-13-15-17-19-21-23-25-27-29-31-33-35-37-39-41-43-45-47-49-51-53-55-57-59-61-68(71)75-65-67(66-77-79(73,74)76-64-63-70)78-69(72)62-60-58-56-54-52-50-48-46-44-42-40-38-36-34-32-30-28-26-24-22-20-18-16-14-12-10-8-6-4-2/h6,8,12,14-15,17-18,20-21,23-24,26,30,32,36,38,67H,3-5,7,9-11,13,16,19,22,25,27-29,31,33-35,37,39-66,70H2,1-2H3,(H,73,74)/b8-6-,14-12-,17-15-,20-18-,23-21-,26-24-,32-30-,38-36-. The van der Waals surface area contributed by atoms with Crippen LogP contribution >= 0.6 is 7.82 Å². The number of allylic oxidation sites excluding steroid dienone is 16. The summed E-state index contributed by atoms with van der Waals surface area (Å²) in [5.74, 6) is -0.827. The fourth-order valence-electron chi connectivity index (χ4n) is 9.14. The number of hydrogen-bond donors (Lipinski definition) is 2. The van der Waals surface area contributed by atoms with E-state index in [1.807, 2.05) is 0 Å². The van der Waals surface area contributed by atoms with Gasteiger partial charge in [-0.25, -0.2) is 4.57 Å². The molecule has 0 bridgehead atoms. The summed E-state index contributed by atoms with van der Waals surface area (Å²) in [5.41, 5.74) is 5.40. The number of esters is 2. The van der Waals surface area contributed by atoms with Crippen molar-refractivity contribution < 1.29 is 37.6 Å². The Labute approximate surface area is 486 Å². The van der Waals surface area contributed by atoms with Gasteiger partial charge in [0.15, 0.2) is 6.10 Å². The number of hydrogen-bond acceptors (Lipinski definition) is 8. The molecule has 0 heterocycles. The van der Waals surface area contributed by atoms with Crippen LogP contribution in [0.25, 0.3) is 0 Å². The van der Waals surface area contributed by atoms with Crippen molar-refractivity contribution >= 4 is 19.8 Å². The minimum atomic E-state index is -4.40. The number of unbranched alkanes of at least 4 members (excludes halogenated alkanes) is 32. The van der Waals surface area contributed by atoms with E-state index in [1.54, 1.807) is 0 Å². The quantitative estimate of drug-likeness (QED) is 0.0264. The van der Waals surface area contributed by atoms with Crippen LogP contribution in [-0.2, 0) is 32.7 Å². The maximum absolute atomic E-state index is 12.7. The highest BCUT2D eigenvalue weighted by atomic mass is 31.2. The Morgan fingerprint density at radius 1 is 0.392 bits per heavy atom. The molecule has 2 atom stereocenters. The van der Waals surface area contributed by atoms with Gasteiger partial charge < -0.3 is 20.1 Å². The summed E-state index contributed by atoms with van der Waals surface area (Å²) in [5, 5.41) is 0. The third kappa shape index (κ3) is 64.0. The van der Waals surface area contributed by atoms with Crippen molar-refractivity contribution in [3.63, 3.8) is 0 Å². The zero-order chi connectivity index (χ0) is 57.3. The number of ether oxygens (including phenoxy) is 2. The van der Waals surface area contributed by atoms with Crippen molar-refractivity contribution in [2.75, 3.05) is 26.4 Å². The molecule has 0 aliphatic carbocycles. The van der Waals surface area contributed by atoms with Gasteiger partial charge in [0.05, 0.1) is 13.2 Å². The third-order valence-electron chi connectivity index (χ3n) is 14.0. The highest BCUT2D eigenvalue weighted by Gasteiger charge is 2.26. The predicted molar refractivity (Wildman–Crippen MR) is 339 cm³/mol. The monoisotopic (exact) mass is 1120 g/mol. The summed E-state index contributed by atoms with van der Waals surface area (Å²) in [4.78, 5) is 35.3. The van der Waals surface area contributed by atoms with Crippen LogP contribution in [0.5, 0.6) is 0 Å². The van der Waals surface area contributed by atoms with Gasteiger partial charge in [-0.1, -0.05) is 284 Å². The van der Waals surface area contributed by atoms with Gasteiger partial charge in [-0.2, -0.15) is 0 Å². The fraction of sp³-hybridized carbons (Fsp3) is 0.739. The molecule has 0 radical (unpaired) electrons. The molecule has 0 spiro atoms. The Balaban J connectivity index is 3.93.